The third-order valence-electron chi connectivity index (χ3n) is 2.00. The maximum Gasteiger partial charge on any atom is 0.261 e. The second kappa shape index (κ2) is 10.5. The molecule has 0 aliphatic carbocycles. The van der Waals surface area contributed by atoms with Crippen molar-refractivity contribution in [2.24, 2.45) is 0 Å². The minimum absolute atomic E-state index is 0.212. The molecule has 0 spiro atoms. The van der Waals surface area contributed by atoms with Crippen LogP contribution in [-0.4, -0.2) is 23.8 Å². The number of imide groups is 1. The first-order valence-electron chi connectivity index (χ1n) is 6.63. The fraction of sp³-hybridized carbons (Fsp3) is 0.467. The number of rotatable bonds is 0. The molecule has 0 aromatic heterocycles. The van der Waals surface area contributed by atoms with Gasteiger partial charge in [0.2, 0.25) is 0 Å². The number of hydrogen-bond acceptors (Lipinski definition) is 2. The van der Waals surface area contributed by atoms with Crippen LogP contribution in [0.3, 0.4) is 0 Å². The smallest absolute Gasteiger partial charge is 0.261 e. The molecule has 1 aliphatic rings. The van der Waals surface area contributed by atoms with Crippen LogP contribution in [0.2, 0.25) is 0 Å². The quantitative estimate of drug-likeness (QED) is 0.654. The van der Waals surface area contributed by atoms with Crippen molar-refractivity contribution in [1.82, 2.24) is 4.90 Å². The Kier molecular flexibility index (Phi) is 10.9. The molecule has 0 N–H and O–H groups in total. The number of benzene rings is 1. The Balaban J connectivity index is 0. The van der Waals surface area contributed by atoms with Crippen LogP contribution in [-0.2, 0) is 0 Å². The first kappa shape index (κ1) is 18.7. The summed E-state index contributed by atoms with van der Waals surface area (Å²) in [4.78, 5) is 23.8. The molecule has 102 valence electrons. The summed E-state index contributed by atoms with van der Waals surface area (Å²) in [5.74, 6) is -0.425. The van der Waals surface area contributed by atoms with Crippen molar-refractivity contribution >= 4 is 11.8 Å². The molecule has 0 saturated heterocycles. The summed E-state index contributed by atoms with van der Waals surface area (Å²) < 4.78 is 0. The van der Waals surface area contributed by atoms with Gasteiger partial charge in [0, 0.05) is 7.05 Å². The molecule has 1 heterocycles. The first-order chi connectivity index (χ1) is 8.72. The van der Waals surface area contributed by atoms with E-state index in [0.29, 0.717) is 11.1 Å². The molecule has 1 aromatic rings. The van der Waals surface area contributed by atoms with Crippen LogP contribution in [0.1, 0.15) is 62.3 Å². The van der Waals surface area contributed by atoms with E-state index in [-0.39, 0.29) is 11.8 Å². The summed E-state index contributed by atoms with van der Waals surface area (Å²) in [6, 6.07) is 6.84. The summed E-state index contributed by atoms with van der Waals surface area (Å²) in [5.41, 5.74) is 1.01. The lowest BCUT2D eigenvalue weighted by Gasteiger charge is -2.02. The maximum absolute atomic E-state index is 11.3. The molecule has 2 rings (SSSR count). The molecular weight excluding hydrogens is 226 g/mol. The lowest BCUT2D eigenvalue weighted by atomic mass is 10.1. The van der Waals surface area contributed by atoms with Gasteiger partial charge in [-0.15, -0.1) is 0 Å². The van der Waals surface area contributed by atoms with Gasteiger partial charge in [0.05, 0.1) is 11.1 Å². The highest BCUT2D eigenvalue weighted by molar-refractivity contribution is 6.21. The Morgan fingerprint density at radius 3 is 1.28 bits per heavy atom. The number of carbonyl (C=O) groups is 2. The Morgan fingerprint density at radius 2 is 1.00 bits per heavy atom. The van der Waals surface area contributed by atoms with E-state index in [1.165, 1.54) is 7.05 Å². The van der Waals surface area contributed by atoms with Crippen LogP contribution >= 0.6 is 0 Å². The zero-order valence-electron chi connectivity index (χ0n) is 12.6. The molecule has 1 aromatic carbocycles. The molecule has 0 atom stereocenters. The van der Waals surface area contributed by atoms with E-state index < -0.39 is 0 Å². The molecule has 3 heteroatoms. The Morgan fingerprint density at radius 1 is 0.722 bits per heavy atom. The van der Waals surface area contributed by atoms with E-state index in [1.54, 1.807) is 24.3 Å². The van der Waals surface area contributed by atoms with Gasteiger partial charge in [-0.05, 0) is 12.1 Å². The van der Waals surface area contributed by atoms with Crippen LogP contribution in [0.4, 0.5) is 0 Å². The molecular formula is C15H25NO2. The van der Waals surface area contributed by atoms with E-state index in [1.807, 2.05) is 41.5 Å². The van der Waals surface area contributed by atoms with Crippen LogP contribution in [0.25, 0.3) is 0 Å². The zero-order chi connectivity index (χ0) is 14.7. The van der Waals surface area contributed by atoms with Crippen LogP contribution in [0, 0.1) is 0 Å². The average molecular weight is 251 g/mol. The monoisotopic (exact) mass is 251 g/mol. The van der Waals surface area contributed by atoms with E-state index in [2.05, 4.69) is 0 Å². The van der Waals surface area contributed by atoms with Crippen molar-refractivity contribution in [3.63, 3.8) is 0 Å². The van der Waals surface area contributed by atoms with E-state index in [9.17, 15) is 9.59 Å². The second-order valence-corrected chi connectivity index (χ2v) is 2.71. The van der Waals surface area contributed by atoms with Crippen LogP contribution in [0.15, 0.2) is 24.3 Å². The number of carbonyl (C=O) groups excluding carboxylic acids is 2. The molecule has 0 radical (unpaired) electrons. The molecule has 2 amide bonds. The van der Waals surface area contributed by atoms with Crippen molar-refractivity contribution < 1.29 is 9.59 Å². The van der Waals surface area contributed by atoms with Gasteiger partial charge in [-0.3, -0.25) is 14.5 Å². The Hall–Kier alpha value is -1.64. The third-order valence-corrected chi connectivity index (χ3v) is 2.00. The van der Waals surface area contributed by atoms with E-state index in [4.69, 9.17) is 0 Å². The molecule has 0 saturated carbocycles. The SMILES string of the molecule is CC.CC.CC.CN1C(=O)c2ccccc2C1=O. The molecule has 1 aliphatic heterocycles. The molecule has 18 heavy (non-hydrogen) atoms. The standard InChI is InChI=1S/C9H7NO2.3C2H6/c1-10-8(11)6-4-2-3-5-7(6)9(10)12;3*1-2/h2-5H,1H3;3*1-2H3. The number of amides is 2. The van der Waals surface area contributed by atoms with Gasteiger partial charge in [0.1, 0.15) is 0 Å². The maximum atomic E-state index is 11.3. The van der Waals surface area contributed by atoms with Gasteiger partial charge in [-0.1, -0.05) is 53.7 Å². The van der Waals surface area contributed by atoms with Crippen molar-refractivity contribution in [3.05, 3.63) is 35.4 Å². The topological polar surface area (TPSA) is 37.4 Å². The van der Waals surface area contributed by atoms with Gasteiger partial charge in [0.25, 0.3) is 11.8 Å². The van der Waals surface area contributed by atoms with Crippen molar-refractivity contribution in [2.75, 3.05) is 7.05 Å². The number of nitrogens with zero attached hydrogens (tertiary/aromatic N) is 1. The Bertz CT molecular complexity index is 338. The van der Waals surface area contributed by atoms with Crippen molar-refractivity contribution in [2.45, 2.75) is 41.5 Å². The Labute approximate surface area is 111 Å². The highest BCUT2D eigenvalue weighted by Gasteiger charge is 2.31. The van der Waals surface area contributed by atoms with Gasteiger partial charge < -0.3 is 0 Å². The fourth-order valence-electron chi connectivity index (χ4n) is 1.31. The van der Waals surface area contributed by atoms with Crippen LogP contribution < -0.4 is 0 Å². The third kappa shape index (κ3) is 3.99. The van der Waals surface area contributed by atoms with Gasteiger partial charge >= 0.3 is 0 Å². The van der Waals surface area contributed by atoms with Crippen molar-refractivity contribution in [3.8, 4) is 0 Å². The summed E-state index contributed by atoms with van der Waals surface area (Å²) in [5, 5.41) is 0. The summed E-state index contributed by atoms with van der Waals surface area (Å²) in [6.45, 7) is 12.0. The zero-order valence-corrected chi connectivity index (χ0v) is 12.6. The first-order valence-corrected chi connectivity index (χ1v) is 6.63. The van der Waals surface area contributed by atoms with Crippen LogP contribution in [0.5, 0.6) is 0 Å². The lowest BCUT2D eigenvalue weighted by Crippen LogP contribution is -2.24. The van der Waals surface area contributed by atoms with E-state index in [0.717, 1.165) is 4.90 Å². The molecule has 0 fully saturated rings. The molecule has 0 unspecified atom stereocenters. The molecule has 0 bridgehead atoms. The summed E-state index contributed by atoms with van der Waals surface area (Å²) >= 11 is 0. The summed E-state index contributed by atoms with van der Waals surface area (Å²) in [6.07, 6.45) is 0. The fourth-order valence-corrected chi connectivity index (χ4v) is 1.31. The normalized spacial score (nSPS) is 11.2. The predicted octanol–water partition coefficient (Wildman–Crippen LogP) is 3.99. The minimum atomic E-state index is -0.212. The highest BCUT2D eigenvalue weighted by atomic mass is 16.2. The lowest BCUT2D eigenvalue weighted by molar-refractivity contribution is 0.0693. The van der Waals surface area contributed by atoms with E-state index >= 15 is 0 Å². The predicted molar refractivity (Wildman–Crippen MR) is 76.9 cm³/mol. The van der Waals surface area contributed by atoms with Crippen molar-refractivity contribution in [1.29, 1.82) is 0 Å². The number of fused-ring (bicyclic) bond motifs is 1. The average Bonchev–Trinajstić information content (AvgIpc) is 2.71. The summed E-state index contributed by atoms with van der Waals surface area (Å²) in [7, 11) is 1.49. The minimum Gasteiger partial charge on any atom is -0.277 e. The molecule has 3 nitrogen and oxygen atoms in total. The highest BCUT2D eigenvalue weighted by Crippen LogP contribution is 2.20. The number of hydrogen-bond donors (Lipinski definition) is 0. The van der Waals surface area contributed by atoms with Gasteiger partial charge in [-0.25, -0.2) is 0 Å². The second-order valence-electron chi connectivity index (χ2n) is 2.71. The largest absolute Gasteiger partial charge is 0.277 e. The van der Waals surface area contributed by atoms with Gasteiger partial charge in [-0.2, -0.15) is 0 Å². The van der Waals surface area contributed by atoms with Gasteiger partial charge in [0.15, 0.2) is 0 Å².